The lowest BCUT2D eigenvalue weighted by molar-refractivity contribution is -0.121. The normalized spacial score (nSPS) is 11.9. The number of carbonyl (C=O) groups excluding carboxylic acids is 1. The number of hydrogen-bond donors (Lipinski definition) is 1. The Hall–Kier alpha value is -2.36. The first-order chi connectivity index (χ1) is 11.9. The standard InChI is InChI=1S/C21H28N2O2/c1-6-10-19(24)22-16(4)20-14(2)15(3)21(17(5)23-20)25-13-18-11-8-7-9-12-18/h7-9,11-12,16H,6,10,13H2,1-5H3,(H,22,24). The van der Waals surface area contributed by atoms with Crippen molar-refractivity contribution >= 4 is 5.91 Å². The van der Waals surface area contributed by atoms with Crippen molar-refractivity contribution < 1.29 is 9.53 Å². The van der Waals surface area contributed by atoms with Gasteiger partial charge in [0.25, 0.3) is 0 Å². The molecule has 1 N–H and O–H groups in total. The van der Waals surface area contributed by atoms with Gasteiger partial charge >= 0.3 is 0 Å². The topological polar surface area (TPSA) is 51.2 Å². The summed E-state index contributed by atoms with van der Waals surface area (Å²) in [5.74, 6) is 0.896. The first kappa shape index (κ1) is 19.0. The molecule has 0 aliphatic rings. The molecular weight excluding hydrogens is 312 g/mol. The predicted molar refractivity (Wildman–Crippen MR) is 101 cm³/mol. The summed E-state index contributed by atoms with van der Waals surface area (Å²) in [6, 6.07) is 9.99. The summed E-state index contributed by atoms with van der Waals surface area (Å²) in [5.41, 5.74) is 5.04. The van der Waals surface area contributed by atoms with E-state index in [1.54, 1.807) is 0 Å². The van der Waals surface area contributed by atoms with Gasteiger partial charge in [-0.1, -0.05) is 37.3 Å². The van der Waals surface area contributed by atoms with Gasteiger partial charge in [0.05, 0.1) is 17.4 Å². The van der Waals surface area contributed by atoms with Crippen molar-refractivity contribution in [2.45, 2.75) is 60.1 Å². The predicted octanol–water partition coefficient (Wildman–Crippen LogP) is 4.56. The van der Waals surface area contributed by atoms with E-state index in [0.717, 1.165) is 40.2 Å². The largest absolute Gasteiger partial charge is 0.487 e. The minimum absolute atomic E-state index is 0.0657. The van der Waals surface area contributed by atoms with Gasteiger partial charge in [-0.25, -0.2) is 0 Å². The van der Waals surface area contributed by atoms with E-state index in [-0.39, 0.29) is 11.9 Å². The van der Waals surface area contributed by atoms with E-state index in [0.29, 0.717) is 13.0 Å². The van der Waals surface area contributed by atoms with Gasteiger partial charge in [0.15, 0.2) is 0 Å². The number of benzene rings is 1. The molecule has 1 heterocycles. The van der Waals surface area contributed by atoms with Crippen LogP contribution < -0.4 is 10.1 Å². The second-order valence-electron chi connectivity index (χ2n) is 6.48. The summed E-state index contributed by atoms with van der Waals surface area (Å²) < 4.78 is 6.04. The maximum atomic E-state index is 11.9. The van der Waals surface area contributed by atoms with Gasteiger partial charge in [0.2, 0.25) is 5.91 Å². The Morgan fingerprint density at radius 2 is 1.84 bits per heavy atom. The van der Waals surface area contributed by atoms with E-state index in [2.05, 4.69) is 12.2 Å². The number of rotatable bonds is 7. The van der Waals surface area contributed by atoms with E-state index < -0.39 is 0 Å². The molecule has 134 valence electrons. The maximum absolute atomic E-state index is 11.9. The molecule has 2 rings (SSSR count). The summed E-state index contributed by atoms with van der Waals surface area (Å²) >= 11 is 0. The molecule has 0 bridgehead atoms. The lowest BCUT2D eigenvalue weighted by Gasteiger charge is -2.21. The molecule has 0 aliphatic heterocycles. The van der Waals surface area contributed by atoms with E-state index in [1.165, 1.54) is 0 Å². The molecule has 0 saturated carbocycles. The highest BCUT2D eigenvalue weighted by Crippen LogP contribution is 2.29. The van der Waals surface area contributed by atoms with Crippen LogP contribution in [0.1, 0.15) is 60.8 Å². The molecule has 0 aliphatic carbocycles. The molecule has 4 heteroatoms. The summed E-state index contributed by atoms with van der Waals surface area (Å²) in [6.07, 6.45) is 1.38. The van der Waals surface area contributed by atoms with Crippen LogP contribution in [0.4, 0.5) is 0 Å². The van der Waals surface area contributed by atoms with Crippen molar-refractivity contribution in [1.29, 1.82) is 0 Å². The molecule has 2 aromatic rings. The van der Waals surface area contributed by atoms with Crippen LogP contribution in [0.5, 0.6) is 5.75 Å². The van der Waals surface area contributed by atoms with Crippen molar-refractivity contribution in [2.75, 3.05) is 0 Å². The van der Waals surface area contributed by atoms with Crippen LogP contribution >= 0.6 is 0 Å². The number of aryl methyl sites for hydroxylation is 1. The number of ether oxygens (including phenoxy) is 1. The Labute approximate surface area is 150 Å². The SMILES string of the molecule is CCCC(=O)NC(C)c1nc(C)c(OCc2ccccc2)c(C)c1C. The van der Waals surface area contributed by atoms with Gasteiger partial charge in [-0.2, -0.15) is 0 Å². The Morgan fingerprint density at radius 3 is 2.48 bits per heavy atom. The first-order valence-electron chi connectivity index (χ1n) is 8.87. The molecule has 25 heavy (non-hydrogen) atoms. The second kappa shape index (κ2) is 8.65. The zero-order chi connectivity index (χ0) is 18.4. The number of amides is 1. The molecule has 4 nitrogen and oxygen atoms in total. The van der Waals surface area contributed by atoms with Crippen LogP contribution in [0.25, 0.3) is 0 Å². The lowest BCUT2D eigenvalue weighted by Crippen LogP contribution is -2.27. The van der Waals surface area contributed by atoms with Crippen molar-refractivity contribution in [3.05, 3.63) is 58.4 Å². The minimum Gasteiger partial charge on any atom is -0.487 e. The number of nitrogens with one attached hydrogen (secondary N) is 1. The fourth-order valence-corrected chi connectivity index (χ4v) is 2.92. The summed E-state index contributed by atoms with van der Waals surface area (Å²) in [6.45, 7) is 10.5. The van der Waals surface area contributed by atoms with Crippen LogP contribution in [-0.2, 0) is 11.4 Å². The lowest BCUT2D eigenvalue weighted by atomic mass is 10.0. The first-order valence-corrected chi connectivity index (χ1v) is 8.87. The molecule has 1 aromatic carbocycles. The highest BCUT2D eigenvalue weighted by molar-refractivity contribution is 5.76. The number of pyridine rings is 1. The maximum Gasteiger partial charge on any atom is 0.220 e. The molecule has 1 unspecified atom stereocenters. The smallest absolute Gasteiger partial charge is 0.220 e. The number of carbonyl (C=O) groups is 1. The second-order valence-corrected chi connectivity index (χ2v) is 6.48. The van der Waals surface area contributed by atoms with Crippen molar-refractivity contribution in [3.63, 3.8) is 0 Å². The van der Waals surface area contributed by atoms with Crippen LogP contribution in [0.15, 0.2) is 30.3 Å². The fourth-order valence-electron chi connectivity index (χ4n) is 2.92. The van der Waals surface area contributed by atoms with E-state index >= 15 is 0 Å². The number of nitrogens with zero attached hydrogens (tertiary/aromatic N) is 1. The highest BCUT2D eigenvalue weighted by atomic mass is 16.5. The molecule has 0 saturated heterocycles. The van der Waals surface area contributed by atoms with E-state index in [1.807, 2.05) is 58.0 Å². The van der Waals surface area contributed by atoms with Crippen molar-refractivity contribution in [2.24, 2.45) is 0 Å². The summed E-state index contributed by atoms with van der Waals surface area (Å²) in [4.78, 5) is 16.6. The Balaban J connectivity index is 2.19. The molecule has 0 radical (unpaired) electrons. The third-order valence-corrected chi connectivity index (χ3v) is 4.39. The molecule has 1 atom stereocenters. The van der Waals surface area contributed by atoms with Crippen LogP contribution in [0.2, 0.25) is 0 Å². The Kier molecular flexibility index (Phi) is 6.57. The molecule has 0 fully saturated rings. The van der Waals surface area contributed by atoms with Crippen LogP contribution in [0.3, 0.4) is 0 Å². The zero-order valence-electron chi connectivity index (χ0n) is 15.8. The van der Waals surface area contributed by atoms with E-state index in [4.69, 9.17) is 9.72 Å². The van der Waals surface area contributed by atoms with Gasteiger partial charge in [-0.05, 0) is 50.8 Å². The zero-order valence-corrected chi connectivity index (χ0v) is 15.8. The Bertz CT molecular complexity index is 726. The third kappa shape index (κ3) is 4.81. The van der Waals surface area contributed by atoms with Crippen molar-refractivity contribution in [1.82, 2.24) is 10.3 Å². The van der Waals surface area contributed by atoms with Gasteiger partial charge < -0.3 is 10.1 Å². The highest BCUT2D eigenvalue weighted by Gasteiger charge is 2.18. The van der Waals surface area contributed by atoms with Crippen LogP contribution in [-0.4, -0.2) is 10.9 Å². The van der Waals surface area contributed by atoms with Gasteiger partial charge in [0, 0.05) is 6.42 Å². The van der Waals surface area contributed by atoms with E-state index in [9.17, 15) is 4.79 Å². The average molecular weight is 340 g/mol. The van der Waals surface area contributed by atoms with Crippen LogP contribution in [0, 0.1) is 20.8 Å². The summed E-state index contributed by atoms with van der Waals surface area (Å²) in [7, 11) is 0. The average Bonchev–Trinajstić information content (AvgIpc) is 2.59. The monoisotopic (exact) mass is 340 g/mol. The minimum atomic E-state index is -0.111. The molecule has 1 amide bonds. The fraction of sp³-hybridized carbons (Fsp3) is 0.429. The van der Waals surface area contributed by atoms with Gasteiger partial charge in [-0.3, -0.25) is 9.78 Å². The van der Waals surface area contributed by atoms with Gasteiger partial charge in [0.1, 0.15) is 12.4 Å². The van der Waals surface area contributed by atoms with Crippen molar-refractivity contribution in [3.8, 4) is 5.75 Å². The molecule has 1 aromatic heterocycles. The third-order valence-electron chi connectivity index (χ3n) is 4.39. The molecular formula is C21H28N2O2. The Morgan fingerprint density at radius 1 is 1.16 bits per heavy atom. The number of aromatic nitrogens is 1. The quantitative estimate of drug-likeness (QED) is 0.803. The van der Waals surface area contributed by atoms with Gasteiger partial charge in [-0.15, -0.1) is 0 Å². The number of hydrogen-bond acceptors (Lipinski definition) is 3. The summed E-state index contributed by atoms with van der Waals surface area (Å²) in [5, 5.41) is 3.03. The molecule has 0 spiro atoms.